The van der Waals surface area contributed by atoms with Gasteiger partial charge in [-0.3, -0.25) is 0 Å². The number of anilines is 1. The quantitative estimate of drug-likeness (QED) is 0.709. The topological polar surface area (TPSA) is 12.0 Å². The van der Waals surface area contributed by atoms with Gasteiger partial charge in [0.05, 0.1) is 17.3 Å². The molecule has 2 aromatic rings. The molecule has 0 unspecified atom stereocenters. The second-order valence-corrected chi connectivity index (χ2v) is 5.70. The Labute approximate surface area is 129 Å². The normalized spacial score (nSPS) is 11.4. The fourth-order valence-corrected chi connectivity index (χ4v) is 2.55. The molecule has 0 aliphatic carbocycles. The fraction of sp³-hybridized carbons (Fsp3) is 0.143. The molecule has 0 fully saturated rings. The minimum atomic E-state index is -2.94. The average Bonchev–Trinajstić information content (AvgIpc) is 2.39. The molecule has 0 aromatic heterocycles. The number of rotatable bonds is 4. The zero-order chi connectivity index (χ0) is 13.9. The first-order valence-electron chi connectivity index (χ1n) is 5.61. The first-order chi connectivity index (χ1) is 8.99. The standard InChI is InChI=1S/C14H11ClF2IN/c15-12-8-11(18)6-7-13(12)19-9-14(16,17)10-4-2-1-3-5-10/h1-8,19H,9H2. The Morgan fingerprint density at radius 3 is 2.42 bits per heavy atom. The van der Waals surface area contributed by atoms with E-state index in [2.05, 4.69) is 27.9 Å². The summed E-state index contributed by atoms with van der Waals surface area (Å²) in [7, 11) is 0. The van der Waals surface area contributed by atoms with Crippen LogP contribution in [-0.4, -0.2) is 6.54 Å². The minimum Gasteiger partial charge on any atom is -0.377 e. The summed E-state index contributed by atoms with van der Waals surface area (Å²) in [6.07, 6.45) is 0. The molecule has 0 amide bonds. The third-order valence-corrected chi connectivity index (χ3v) is 3.61. The van der Waals surface area contributed by atoms with Crippen molar-refractivity contribution in [2.45, 2.75) is 5.92 Å². The van der Waals surface area contributed by atoms with E-state index in [4.69, 9.17) is 11.6 Å². The van der Waals surface area contributed by atoms with Gasteiger partial charge in [0.2, 0.25) is 0 Å². The van der Waals surface area contributed by atoms with Crippen molar-refractivity contribution in [1.29, 1.82) is 0 Å². The van der Waals surface area contributed by atoms with E-state index in [1.165, 1.54) is 12.1 Å². The third kappa shape index (κ3) is 3.79. The van der Waals surface area contributed by atoms with Crippen molar-refractivity contribution in [3.8, 4) is 0 Å². The summed E-state index contributed by atoms with van der Waals surface area (Å²) < 4.78 is 28.9. The monoisotopic (exact) mass is 393 g/mol. The lowest BCUT2D eigenvalue weighted by molar-refractivity contribution is 0.0106. The summed E-state index contributed by atoms with van der Waals surface area (Å²) in [6.45, 7) is -0.489. The molecule has 0 saturated heterocycles. The van der Waals surface area contributed by atoms with Gasteiger partial charge in [-0.1, -0.05) is 41.9 Å². The lowest BCUT2D eigenvalue weighted by atomic mass is 10.1. The number of nitrogens with one attached hydrogen (secondary N) is 1. The predicted octanol–water partition coefficient (Wildman–Crippen LogP) is 5.15. The average molecular weight is 394 g/mol. The van der Waals surface area contributed by atoms with Gasteiger partial charge in [-0.15, -0.1) is 0 Å². The molecule has 5 heteroatoms. The molecule has 0 saturated carbocycles. The summed E-state index contributed by atoms with van der Waals surface area (Å²) >= 11 is 8.11. The molecule has 0 atom stereocenters. The molecule has 2 rings (SSSR count). The van der Waals surface area contributed by atoms with E-state index in [9.17, 15) is 8.78 Å². The smallest absolute Gasteiger partial charge is 0.290 e. The van der Waals surface area contributed by atoms with Gasteiger partial charge in [0.1, 0.15) is 0 Å². The molecular weight excluding hydrogens is 383 g/mol. The van der Waals surface area contributed by atoms with Crippen LogP contribution < -0.4 is 5.32 Å². The highest BCUT2D eigenvalue weighted by Crippen LogP contribution is 2.30. The highest BCUT2D eigenvalue weighted by atomic mass is 127. The van der Waals surface area contributed by atoms with Crippen LogP contribution in [0.25, 0.3) is 0 Å². The molecule has 2 aromatic carbocycles. The van der Waals surface area contributed by atoms with E-state index in [0.717, 1.165) is 3.57 Å². The number of alkyl halides is 2. The fourth-order valence-electron chi connectivity index (χ4n) is 1.62. The zero-order valence-corrected chi connectivity index (χ0v) is 12.8. The van der Waals surface area contributed by atoms with Crippen LogP contribution in [0.4, 0.5) is 14.5 Å². The molecule has 100 valence electrons. The summed E-state index contributed by atoms with van der Waals surface area (Å²) in [4.78, 5) is 0. The van der Waals surface area contributed by atoms with Crippen LogP contribution in [0.2, 0.25) is 5.02 Å². The second kappa shape index (κ2) is 6.05. The van der Waals surface area contributed by atoms with E-state index >= 15 is 0 Å². The van der Waals surface area contributed by atoms with Gasteiger partial charge in [0.25, 0.3) is 5.92 Å². The Balaban J connectivity index is 2.09. The third-order valence-electron chi connectivity index (χ3n) is 2.63. The Morgan fingerprint density at radius 2 is 1.79 bits per heavy atom. The number of hydrogen-bond donors (Lipinski definition) is 1. The second-order valence-electron chi connectivity index (χ2n) is 4.05. The van der Waals surface area contributed by atoms with Crippen molar-refractivity contribution >= 4 is 39.9 Å². The van der Waals surface area contributed by atoms with E-state index in [-0.39, 0.29) is 5.56 Å². The van der Waals surface area contributed by atoms with Crippen molar-refractivity contribution in [3.63, 3.8) is 0 Å². The van der Waals surface area contributed by atoms with Gasteiger partial charge >= 0.3 is 0 Å². The molecule has 0 bridgehead atoms. The number of halogens is 4. The number of hydrogen-bond acceptors (Lipinski definition) is 1. The van der Waals surface area contributed by atoms with Gasteiger partial charge in [-0.25, -0.2) is 0 Å². The predicted molar refractivity (Wildman–Crippen MR) is 83.0 cm³/mol. The summed E-state index contributed by atoms with van der Waals surface area (Å²) in [5, 5.41) is 3.13. The van der Waals surface area contributed by atoms with Crippen LogP contribution in [0.3, 0.4) is 0 Å². The van der Waals surface area contributed by atoms with Crippen molar-refractivity contribution in [2.24, 2.45) is 0 Å². The van der Waals surface area contributed by atoms with Crippen molar-refractivity contribution < 1.29 is 8.78 Å². The van der Waals surface area contributed by atoms with E-state index < -0.39 is 12.5 Å². The lowest BCUT2D eigenvalue weighted by Crippen LogP contribution is -2.24. The van der Waals surface area contributed by atoms with Gasteiger partial charge < -0.3 is 5.32 Å². The zero-order valence-electron chi connectivity index (χ0n) is 9.84. The van der Waals surface area contributed by atoms with E-state index in [1.54, 1.807) is 30.3 Å². The SMILES string of the molecule is FC(F)(CNc1ccc(I)cc1Cl)c1ccccc1. The molecule has 1 nitrogen and oxygen atoms in total. The molecule has 19 heavy (non-hydrogen) atoms. The van der Waals surface area contributed by atoms with Crippen molar-refractivity contribution in [1.82, 2.24) is 0 Å². The molecule has 0 aliphatic heterocycles. The van der Waals surface area contributed by atoms with Crippen molar-refractivity contribution in [2.75, 3.05) is 11.9 Å². The van der Waals surface area contributed by atoms with Crippen LogP contribution in [0.1, 0.15) is 5.56 Å². The molecule has 0 heterocycles. The highest BCUT2D eigenvalue weighted by molar-refractivity contribution is 14.1. The summed E-state index contributed by atoms with van der Waals surface area (Å²) in [5.74, 6) is -2.94. The van der Waals surface area contributed by atoms with Crippen LogP contribution in [0.15, 0.2) is 48.5 Å². The molecule has 0 aliphatic rings. The molecule has 0 spiro atoms. The van der Waals surface area contributed by atoms with Crippen LogP contribution >= 0.6 is 34.2 Å². The minimum absolute atomic E-state index is 0.0101. The molecular formula is C14H11ClF2IN. The first kappa shape index (κ1) is 14.5. The van der Waals surface area contributed by atoms with E-state index in [1.807, 2.05) is 6.07 Å². The Hall–Kier alpha value is -0.880. The maximum atomic E-state index is 13.9. The van der Waals surface area contributed by atoms with Crippen LogP contribution in [0, 0.1) is 3.57 Å². The van der Waals surface area contributed by atoms with E-state index in [0.29, 0.717) is 10.7 Å². The molecule has 1 N–H and O–H groups in total. The van der Waals surface area contributed by atoms with Crippen LogP contribution in [-0.2, 0) is 5.92 Å². The van der Waals surface area contributed by atoms with Gasteiger partial charge in [0, 0.05) is 9.13 Å². The maximum absolute atomic E-state index is 13.9. The van der Waals surface area contributed by atoms with Crippen LogP contribution in [0.5, 0.6) is 0 Å². The number of benzene rings is 2. The largest absolute Gasteiger partial charge is 0.377 e. The molecule has 0 radical (unpaired) electrons. The van der Waals surface area contributed by atoms with Crippen molar-refractivity contribution in [3.05, 3.63) is 62.7 Å². The Morgan fingerprint density at radius 1 is 1.11 bits per heavy atom. The van der Waals surface area contributed by atoms with Gasteiger partial charge in [0.15, 0.2) is 0 Å². The first-order valence-corrected chi connectivity index (χ1v) is 7.07. The Bertz CT molecular complexity index is 561. The maximum Gasteiger partial charge on any atom is 0.290 e. The summed E-state index contributed by atoms with van der Waals surface area (Å²) in [5.41, 5.74) is 0.502. The van der Waals surface area contributed by atoms with Gasteiger partial charge in [-0.05, 0) is 40.8 Å². The highest BCUT2D eigenvalue weighted by Gasteiger charge is 2.31. The summed E-state index contributed by atoms with van der Waals surface area (Å²) in [6, 6.07) is 13.0. The van der Waals surface area contributed by atoms with Gasteiger partial charge in [-0.2, -0.15) is 8.78 Å². The lowest BCUT2D eigenvalue weighted by Gasteiger charge is -2.18. The Kier molecular flexibility index (Phi) is 4.62.